The molecule has 0 bridgehead atoms. The van der Waals surface area contributed by atoms with Gasteiger partial charge in [-0.05, 0) is 36.2 Å². The molecule has 0 radical (unpaired) electrons. The summed E-state index contributed by atoms with van der Waals surface area (Å²) in [5.41, 5.74) is 3.77. The van der Waals surface area contributed by atoms with Crippen molar-refractivity contribution in [3.8, 4) is 5.75 Å². The van der Waals surface area contributed by atoms with Gasteiger partial charge < -0.3 is 15.4 Å². The first-order valence-corrected chi connectivity index (χ1v) is 7.06. The minimum atomic E-state index is -0.130. The lowest BCUT2D eigenvalue weighted by atomic mass is 10.1. The van der Waals surface area contributed by atoms with Crippen LogP contribution in [0.5, 0.6) is 5.75 Å². The van der Waals surface area contributed by atoms with Crippen molar-refractivity contribution in [3.63, 3.8) is 0 Å². The lowest BCUT2D eigenvalue weighted by Gasteiger charge is -2.19. The van der Waals surface area contributed by atoms with Crippen LogP contribution in [0.2, 0.25) is 5.02 Å². The molecule has 0 aromatic heterocycles. The molecule has 2 aromatic carbocycles. The average molecular weight is 303 g/mol. The number of hydrogen-bond donors (Lipinski definition) is 2. The average Bonchev–Trinajstić information content (AvgIpc) is 2.46. The van der Waals surface area contributed by atoms with Crippen molar-refractivity contribution < 1.29 is 9.53 Å². The van der Waals surface area contributed by atoms with E-state index in [4.69, 9.17) is 16.3 Å². The van der Waals surface area contributed by atoms with E-state index in [1.165, 1.54) is 0 Å². The summed E-state index contributed by atoms with van der Waals surface area (Å²) in [6, 6.07) is 11.5. The minimum Gasteiger partial charge on any atom is -0.482 e. The fourth-order valence-corrected chi connectivity index (χ4v) is 2.58. The number of carbonyl (C=O) groups is 1. The Morgan fingerprint density at radius 1 is 1.33 bits per heavy atom. The van der Waals surface area contributed by atoms with Crippen molar-refractivity contribution in [1.82, 2.24) is 0 Å². The molecular weight excluding hydrogens is 288 g/mol. The molecule has 0 fully saturated rings. The van der Waals surface area contributed by atoms with Crippen LogP contribution < -0.4 is 15.4 Å². The van der Waals surface area contributed by atoms with E-state index in [2.05, 4.69) is 10.6 Å². The summed E-state index contributed by atoms with van der Waals surface area (Å²) in [6.07, 6.45) is 0. The number of halogens is 1. The molecule has 0 saturated heterocycles. The topological polar surface area (TPSA) is 50.4 Å². The monoisotopic (exact) mass is 302 g/mol. The van der Waals surface area contributed by atoms with Gasteiger partial charge in [-0.1, -0.05) is 29.8 Å². The van der Waals surface area contributed by atoms with Gasteiger partial charge in [-0.2, -0.15) is 0 Å². The van der Waals surface area contributed by atoms with E-state index in [1.807, 2.05) is 43.3 Å². The maximum Gasteiger partial charge on any atom is 0.262 e. The highest BCUT2D eigenvalue weighted by Gasteiger charge is 2.15. The molecule has 0 spiro atoms. The summed E-state index contributed by atoms with van der Waals surface area (Å²) < 4.78 is 5.34. The number of benzene rings is 2. The predicted octanol–water partition coefficient (Wildman–Crippen LogP) is 3.59. The van der Waals surface area contributed by atoms with Gasteiger partial charge in [-0.25, -0.2) is 0 Å². The number of amides is 1. The van der Waals surface area contributed by atoms with E-state index in [1.54, 1.807) is 0 Å². The van der Waals surface area contributed by atoms with Crippen molar-refractivity contribution in [3.05, 3.63) is 52.5 Å². The Hall–Kier alpha value is -2.20. The zero-order valence-corrected chi connectivity index (χ0v) is 12.3. The maximum absolute atomic E-state index is 11.3. The van der Waals surface area contributed by atoms with E-state index in [9.17, 15) is 4.79 Å². The van der Waals surface area contributed by atoms with Gasteiger partial charge in [0.2, 0.25) is 0 Å². The number of fused-ring (bicyclic) bond motifs is 1. The van der Waals surface area contributed by atoms with Gasteiger partial charge in [0, 0.05) is 6.54 Å². The fourth-order valence-electron chi connectivity index (χ4n) is 2.29. The molecule has 1 aliphatic rings. The molecule has 1 amide bonds. The summed E-state index contributed by atoms with van der Waals surface area (Å²) >= 11 is 6.19. The first kappa shape index (κ1) is 13.8. The smallest absolute Gasteiger partial charge is 0.262 e. The Bertz CT molecular complexity index is 680. The van der Waals surface area contributed by atoms with Gasteiger partial charge in [0.05, 0.1) is 16.4 Å². The van der Waals surface area contributed by atoms with Crippen molar-refractivity contribution in [2.24, 2.45) is 0 Å². The number of para-hydroxylation sites is 1. The number of carbonyl (C=O) groups excluding carboxylic acids is 1. The second-order valence-corrected chi connectivity index (χ2v) is 5.36. The van der Waals surface area contributed by atoms with E-state index in [0.717, 1.165) is 16.8 Å². The Morgan fingerprint density at radius 2 is 2.19 bits per heavy atom. The van der Waals surface area contributed by atoms with Gasteiger partial charge in [-0.3, -0.25) is 4.79 Å². The molecule has 4 nitrogen and oxygen atoms in total. The zero-order valence-electron chi connectivity index (χ0n) is 11.6. The second-order valence-electron chi connectivity index (χ2n) is 4.95. The number of rotatable bonds is 3. The molecule has 1 aliphatic heterocycles. The predicted molar refractivity (Wildman–Crippen MR) is 84.1 cm³/mol. The third kappa shape index (κ3) is 2.95. The molecule has 0 aliphatic carbocycles. The molecule has 0 unspecified atom stereocenters. The third-order valence-corrected chi connectivity index (χ3v) is 3.68. The zero-order chi connectivity index (χ0) is 14.8. The molecule has 3 rings (SSSR count). The number of aryl methyl sites for hydroxylation is 1. The maximum atomic E-state index is 11.3. The Kier molecular flexibility index (Phi) is 3.71. The molecule has 2 N–H and O–H groups in total. The van der Waals surface area contributed by atoms with Crippen LogP contribution >= 0.6 is 11.6 Å². The first-order valence-electron chi connectivity index (χ1n) is 6.68. The number of nitrogens with one attached hydrogen (secondary N) is 2. The molecule has 2 aromatic rings. The van der Waals surface area contributed by atoms with Crippen molar-refractivity contribution in [1.29, 1.82) is 0 Å². The highest BCUT2D eigenvalue weighted by atomic mass is 35.5. The van der Waals surface area contributed by atoms with Crippen LogP contribution in [0, 0.1) is 6.92 Å². The fraction of sp³-hybridized carbons (Fsp3) is 0.188. The summed E-state index contributed by atoms with van der Waals surface area (Å²) in [7, 11) is 0. The molecular formula is C16H15ClN2O2. The normalized spacial score (nSPS) is 13.1. The van der Waals surface area contributed by atoms with Crippen LogP contribution in [0.1, 0.15) is 11.1 Å². The van der Waals surface area contributed by atoms with Crippen LogP contribution in [0.4, 0.5) is 11.4 Å². The van der Waals surface area contributed by atoms with Crippen LogP contribution in [0.3, 0.4) is 0 Å². The van der Waals surface area contributed by atoms with E-state index >= 15 is 0 Å². The standard InChI is InChI=1S/C16H15ClN2O2/c1-10-3-2-4-12(17)16(10)18-8-11-5-6-14-13(7-11)19-15(20)9-21-14/h2-7,18H,8-9H2,1H3,(H,19,20). The van der Waals surface area contributed by atoms with Crippen molar-refractivity contribution in [2.75, 3.05) is 17.2 Å². The minimum absolute atomic E-state index is 0.0728. The van der Waals surface area contributed by atoms with Gasteiger partial charge in [0.1, 0.15) is 5.75 Å². The second kappa shape index (κ2) is 5.66. The van der Waals surface area contributed by atoms with Crippen LogP contribution in [0.25, 0.3) is 0 Å². The van der Waals surface area contributed by atoms with E-state index in [-0.39, 0.29) is 12.5 Å². The summed E-state index contributed by atoms with van der Waals surface area (Å²) in [4.78, 5) is 11.3. The van der Waals surface area contributed by atoms with Crippen molar-refractivity contribution >= 4 is 28.9 Å². The SMILES string of the molecule is Cc1cccc(Cl)c1NCc1ccc2c(c1)NC(=O)CO2. The van der Waals surface area contributed by atoms with Crippen molar-refractivity contribution in [2.45, 2.75) is 13.5 Å². The summed E-state index contributed by atoms with van der Waals surface area (Å²) in [5, 5.41) is 6.83. The largest absolute Gasteiger partial charge is 0.482 e. The Labute approximate surface area is 128 Å². The quantitative estimate of drug-likeness (QED) is 0.911. The summed E-state index contributed by atoms with van der Waals surface area (Å²) in [6.45, 7) is 2.70. The molecule has 0 saturated carbocycles. The van der Waals surface area contributed by atoms with Gasteiger partial charge >= 0.3 is 0 Å². The number of anilines is 2. The van der Waals surface area contributed by atoms with Crippen LogP contribution in [-0.4, -0.2) is 12.5 Å². The number of hydrogen-bond acceptors (Lipinski definition) is 3. The molecule has 108 valence electrons. The lowest BCUT2D eigenvalue weighted by molar-refractivity contribution is -0.118. The van der Waals surface area contributed by atoms with Gasteiger partial charge in [-0.15, -0.1) is 0 Å². The summed E-state index contributed by atoms with van der Waals surface area (Å²) in [5.74, 6) is 0.571. The lowest BCUT2D eigenvalue weighted by Crippen LogP contribution is -2.25. The highest BCUT2D eigenvalue weighted by Crippen LogP contribution is 2.30. The molecule has 1 heterocycles. The molecule has 21 heavy (non-hydrogen) atoms. The van der Waals surface area contributed by atoms with Crippen LogP contribution in [0.15, 0.2) is 36.4 Å². The van der Waals surface area contributed by atoms with Gasteiger partial charge in [0.25, 0.3) is 5.91 Å². The molecule has 0 atom stereocenters. The third-order valence-electron chi connectivity index (χ3n) is 3.37. The van der Waals surface area contributed by atoms with E-state index < -0.39 is 0 Å². The highest BCUT2D eigenvalue weighted by molar-refractivity contribution is 6.33. The number of ether oxygens (including phenoxy) is 1. The van der Waals surface area contributed by atoms with E-state index in [0.29, 0.717) is 23.0 Å². The first-order chi connectivity index (χ1) is 10.1. The molecule has 5 heteroatoms. The Morgan fingerprint density at radius 3 is 3.00 bits per heavy atom. The Balaban J connectivity index is 1.77. The van der Waals surface area contributed by atoms with Crippen LogP contribution in [-0.2, 0) is 11.3 Å². The van der Waals surface area contributed by atoms with Gasteiger partial charge in [0.15, 0.2) is 6.61 Å².